The van der Waals surface area contributed by atoms with Gasteiger partial charge in [0.05, 0.1) is 29.2 Å². The largest absolute Gasteiger partial charge is 0.461 e. The monoisotopic (exact) mass is 540 g/mol. The van der Waals surface area contributed by atoms with E-state index in [0.29, 0.717) is 0 Å². The molecule has 2 aromatic carbocycles. The van der Waals surface area contributed by atoms with Crippen LogP contribution < -0.4 is 0 Å². The summed E-state index contributed by atoms with van der Waals surface area (Å²) in [6, 6.07) is 11.6. The highest BCUT2D eigenvalue weighted by atomic mass is 35.5. The topological polar surface area (TPSA) is 112 Å². The number of hydrogen-bond donors (Lipinski definition) is 0. The molecule has 35 heavy (non-hydrogen) atoms. The van der Waals surface area contributed by atoms with E-state index in [9.17, 15) is 21.6 Å². The van der Waals surface area contributed by atoms with Gasteiger partial charge < -0.3 is 9.47 Å². The van der Waals surface area contributed by atoms with E-state index in [1.807, 2.05) is 0 Å². The van der Waals surface area contributed by atoms with Crippen LogP contribution in [0.15, 0.2) is 58.3 Å². The van der Waals surface area contributed by atoms with Crippen molar-refractivity contribution in [1.82, 2.24) is 8.28 Å². The SMILES string of the molecule is CCOC(=O)c1c(S(=O)(=O)N2C[C@H](C)O[C@@H](C)C2)c2cc(Cl)ccc2n1S(=O)(=O)c1ccccc1. The second kappa shape index (κ2) is 9.55. The highest BCUT2D eigenvalue weighted by Crippen LogP contribution is 2.37. The van der Waals surface area contributed by atoms with Gasteiger partial charge in [-0.2, -0.15) is 4.31 Å². The molecule has 1 aromatic heterocycles. The van der Waals surface area contributed by atoms with E-state index >= 15 is 0 Å². The van der Waals surface area contributed by atoms with Crippen LogP contribution in [0.2, 0.25) is 5.02 Å². The number of esters is 1. The van der Waals surface area contributed by atoms with Crippen LogP contribution in [0.5, 0.6) is 0 Å². The minimum absolute atomic E-state index is 0.00534. The first kappa shape index (κ1) is 25.6. The molecule has 9 nitrogen and oxygen atoms in total. The second-order valence-corrected chi connectivity index (χ2v) is 12.3. The lowest BCUT2D eigenvalue weighted by molar-refractivity contribution is -0.0440. The summed E-state index contributed by atoms with van der Waals surface area (Å²) < 4.78 is 68.4. The fourth-order valence-corrected chi connectivity index (χ4v) is 7.94. The molecule has 2 heterocycles. The van der Waals surface area contributed by atoms with Gasteiger partial charge in [-0.1, -0.05) is 29.8 Å². The van der Waals surface area contributed by atoms with Crippen molar-refractivity contribution in [2.45, 2.75) is 42.8 Å². The smallest absolute Gasteiger partial charge is 0.357 e. The molecule has 0 radical (unpaired) electrons. The Morgan fingerprint density at radius 2 is 1.66 bits per heavy atom. The molecule has 2 atom stereocenters. The number of rotatable bonds is 6. The Labute approximate surface area is 209 Å². The first-order chi connectivity index (χ1) is 16.5. The van der Waals surface area contributed by atoms with E-state index in [1.54, 1.807) is 26.8 Å². The third kappa shape index (κ3) is 4.58. The lowest BCUT2D eigenvalue weighted by Gasteiger charge is -2.34. The Morgan fingerprint density at radius 3 is 2.26 bits per heavy atom. The summed E-state index contributed by atoms with van der Waals surface area (Å²) in [7, 11) is -8.78. The molecule has 188 valence electrons. The maximum Gasteiger partial charge on any atom is 0.357 e. The van der Waals surface area contributed by atoms with Gasteiger partial charge >= 0.3 is 5.97 Å². The molecule has 0 unspecified atom stereocenters. The molecule has 0 spiro atoms. The third-order valence-electron chi connectivity index (χ3n) is 5.57. The van der Waals surface area contributed by atoms with E-state index in [4.69, 9.17) is 21.1 Å². The van der Waals surface area contributed by atoms with E-state index in [1.165, 1.54) is 46.8 Å². The zero-order valence-electron chi connectivity index (χ0n) is 19.3. The van der Waals surface area contributed by atoms with Gasteiger partial charge in [-0.25, -0.2) is 25.6 Å². The molecule has 1 fully saturated rings. The van der Waals surface area contributed by atoms with Gasteiger partial charge in [0.25, 0.3) is 10.0 Å². The average Bonchev–Trinajstić information content (AvgIpc) is 3.15. The Hall–Kier alpha value is -2.44. The molecule has 0 saturated carbocycles. The van der Waals surface area contributed by atoms with Crippen LogP contribution in [0.4, 0.5) is 0 Å². The standard InChI is InChI=1S/C23H25ClN2O7S2/c1-4-32-23(27)21-22(35(30,31)25-13-15(2)33-16(3)14-25)19-12-17(24)10-11-20(19)26(21)34(28,29)18-8-6-5-7-9-18/h5-12,15-16H,4,13-14H2,1-3H3/t15-,16-/m0/s1. The molecular formula is C23H25ClN2O7S2. The summed E-state index contributed by atoms with van der Waals surface area (Å²) in [4.78, 5) is 12.6. The predicted octanol–water partition coefficient (Wildman–Crippen LogP) is 3.51. The van der Waals surface area contributed by atoms with Crippen LogP contribution in [-0.4, -0.2) is 63.0 Å². The van der Waals surface area contributed by atoms with Crippen molar-refractivity contribution in [2.24, 2.45) is 0 Å². The van der Waals surface area contributed by atoms with Gasteiger partial charge in [-0.15, -0.1) is 0 Å². The van der Waals surface area contributed by atoms with Gasteiger partial charge in [-0.05, 0) is 51.1 Å². The summed E-state index contributed by atoms with van der Waals surface area (Å²) in [5.41, 5.74) is -0.603. The number of carbonyl (C=O) groups is 1. The Balaban J connectivity index is 2.11. The van der Waals surface area contributed by atoms with E-state index in [0.717, 1.165) is 3.97 Å². The molecule has 0 N–H and O–H groups in total. The maximum atomic E-state index is 14.0. The summed E-state index contributed by atoms with van der Waals surface area (Å²) >= 11 is 6.20. The summed E-state index contributed by atoms with van der Waals surface area (Å²) in [6.07, 6.45) is -0.797. The lowest BCUT2D eigenvalue weighted by Crippen LogP contribution is -2.48. The fraction of sp³-hybridized carbons (Fsp3) is 0.348. The van der Waals surface area contributed by atoms with Gasteiger partial charge in [-0.3, -0.25) is 0 Å². The number of carbonyl (C=O) groups excluding carboxylic acids is 1. The third-order valence-corrected chi connectivity index (χ3v) is 9.44. The zero-order chi connectivity index (χ0) is 25.5. The van der Waals surface area contributed by atoms with Crippen LogP contribution in [0.25, 0.3) is 10.9 Å². The van der Waals surface area contributed by atoms with Crippen LogP contribution in [0.3, 0.4) is 0 Å². The minimum Gasteiger partial charge on any atom is -0.461 e. The van der Waals surface area contributed by atoms with E-state index < -0.39 is 48.8 Å². The first-order valence-electron chi connectivity index (χ1n) is 11.0. The highest BCUT2D eigenvalue weighted by Gasteiger charge is 2.41. The first-order valence-corrected chi connectivity index (χ1v) is 14.2. The van der Waals surface area contributed by atoms with Gasteiger partial charge in [0.1, 0.15) is 4.90 Å². The van der Waals surface area contributed by atoms with Crippen LogP contribution in [-0.2, 0) is 29.5 Å². The molecule has 12 heteroatoms. The minimum atomic E-state index is -4.40. The molecule has 0 amide bonds. The predicted molar refractivity (Wildman–Crippen MR) is 131 cm³/mol. The molecule has 1 aliphatic rings. The molecule has 0 bridgehead atoms. The quantitative estimate of drug-likeness (QED) is 0.440. The Bertz CT molecular complexity index is 1480. The van der Waals surface area contributed by atoms with E-state index in [2.05, 4.69) is 0 Å². The molecule has 3 aromatic rings. The number of nitrogens with zero attached hydrogens (tertiary/aromatic N) is 2. The number of aromatic nitrogens is 1. The molecule has 4 rings (SSSR count). The van der Waals surface area contributed by atoms with Gasteiger partial charge in [0.2, 0.25) is 10.0 Å². The molecule has 1 aliphatic heterocycles. The number of benzene rings is 2. The average molecular weight is 541 g/mol. The number of halogens is 1. The molecule has 1 saturated heterocycles. The van der Waals surface area contributed by atoms with Crippen molar-refractivity contribution in [3.05, 3.63) is 59.2 Å². The Morgan fingerprint density at radius 1 is 1.03 bits per heavy atom. The lowest BCUT2D eigenvalue weighted by atomic mass is 10.2. The van der Waals surface area contributed by atoms with Crippen LogP contribution in [0, 0.1) is 0 Å². The molecule has 0 aliphatic carbocycles. The van der Waals surface area contributed by atoms with Crippen molar-refractivity contribution < 1.29 is 31.1 Å². The van der Waals surface area contributed by atoms with Crippen LogP contribution in [0.1, 0.15) is 31.3 Å². The Kier molecular flexibility index (Phi) is 7.00. The number of fused-ring (bicyclic) bond motifs is 1. The number of ether oxygens (including phenoxy) is 2. The highest BCUT2D eigenvalue weighted by molar-refractivity contribution is 7.91. The number of sulfonamides is 1. The summed E-state index contributed by atoms with van der Waals surface area (Å²) in [6.45, 7) is 5.01. The van der Waals surface area contributed by atoms with Crippen molar-refractivity contribution >= 4 is 48.5 Å². The van der Waals surface area contributed by atoms with Crippen molar-refractivity contribution in [2.75, 3.05) is 19.7 Å². The van der Waals surface area contributed by atoms with Crippen molar-refractivity contribution in [3.8, 4) is 0 Å². The summed E-state index contributed by atoms with van der Waals surface area (Å²) in [5, 5.41) is 0.189. The maximum absolute atomic E-state index is 14.0. The fourth-order valence-electron chi connectivity index (χ4n) is 4.25. The summed E-state index contributed by atoms with van der Waals surface area (Å²) in [5.74, 6) is -1.08. The van der Waals surface area contributed by atoms with E-state index in [-0.39, 0.29) is 40.5 Å². The zero-order valence-corrected chi connectivity index (χ0v) is 21.7. The van der Waals surface area contributed by atoms with Crippen LogP contribution >= 0.6 is 11.6 Å². The van der Waals surface area contributed by atoms with Crippen molar-refractivity contribution in [1.29, 1.82) is 0 Å². The normalized spacial score (nSPS) is 19.7. The van der Waals surface area contributed by atoms with Crippen molar-refractivity contribution in [3.63, 3.8) is 0 Å². The number of hydrogen-bond acceptors (Lipinski definition) is 7. The second-order valence-electron chi connectivity index (χ2n) is 8.22. The van der Waals surface area contributed by atoms with Gasteiger partial charge in [0, 0.05) is 23.5 Å². The molecular weight excluding hydrogens is 516 g/mol. The van der Waals surface area contributed by atoms with Gasteiger partial charge in [0.15, 0.2) is 5.69 Å². The number of morpholine rings is 1.